The highest BCUT2D eigenvalue weighted by Gasteiger charge is 2.13. The van der Waals surface area contributed by atoms with Crippen molar-refractivity contribution in [1.29, 1.82) is 0 Å². The Bertz CT molecular complexity index is 775. The molecule has 0 amide bonds. The molecule has 0 aliphatic carbocycles. The number of rotatable bonds is 14. The van der Waals surface area contributed by atoms with Gasteiger partial charge in [-0.1, -0.05) is 36.9 Å². The van der Waals surface area contributed by atoms with Gasteiger partial charge < -0.3 is 28.4 Å². The summed E-state index contributed by atoms with van der Waals surface area (Å²) >= 11 is 0. The molecule has 0 aliphatic rings. The Balaban J connectivity index is 1.76. The monoisotopic (exact) mass is 404 g/mol. The fraction of sp³-hybridized carbons (Fsp3) is 0.409. The van der Waals surface area contributed by atoms with Gasteiger partial charge in [0, 0.05) is 18.6 Å². The average molecular weight is 404 g/mol. The molecule has 29 heavy (non-hydrogen) atoms. The molecule has 7 heteroatoms. The van der Waals surface area contributed by atoms with E-state index >= 15 is 0 Å². The van der Waals surface area contributed by atoms with E-state index < -0.39 is 12.3 Å². The molecule has 1 unspecified atom stereocenters. The summed E-state index contributed by atoms with van der Waals surface area (Å²) in [5, 5.41) is 2.03. The van der Waals surface area contributed by atoms with Crippen LogP contribution in [0.4, 0.5) is 0 Å². The lowest BCUT2D eigenvalue weighted by Gasteiger charge is -2.18. The van der Waals surface area contributed by atoms with E-state index in [-0.39, 0.29) is 6.61 Å². The number of esters is 1. The second-order valence-electron chi connectivity index (χ2n) is 5.98. The molecule has 158 valence electrons. The van der Waals surface area contributed by atoms with Gasteiger partial charge in [0.1, 0.15) is 13.2 Å². The van der Waals surface area contributed by atoms with Gasteiger partial charge in [-0.05, 0) is 18.4 Å². The highest BCUT2D eigenvalue weighted by atomic mass is 16.7. The van der Waals surface area contributed by atoms with Crippen molar-refractivity contribution < 1.29 is 33.2 Å². The van der Waals surface area contributed by atoms with Crippen molar-refractivity contribution in [2.75, 3.05) is 46.8 Å². The van der Waals surface area contributed by atoms with Gasteiger partial charge in [-0.15, -0.1) is 0 Å². The van der Waals surface area contributed by atoms with Crippen LogP contribution in [0.3, 0.4) is 0 Å². The van der Waals surface area contributed by atoms with Crippen LogP contribution in [0.25, 0.3) is 10.8 Å². The van der Waals surface area contributed by atoms with E-state index in [0.717, 1.165) is 16.8 Å². The smallest absolute Gasteiger partial charge is 0.330 e. The molecule has 0 radical (unpaired) electrons. The van der Waals surface area contributed by atoms with E-state index in [1.165, 1.54) is 0 Å². The lowest BCUT2D eigenvalue weighted by Crippen LogP contribution is -2.16. The van der Waals surface area contributed by atoms with Gasteiger partial charge in [0.25, 0.3) is 0 Å². The Morgan fingerprint density at radius 2 is 1.69 bits per heavy atom. The number of methoxy groups -OCH3 is 1. The van der Waals surface area contributed by atoms with E-state index in [1.807, 2.05) is 43.3 Å². The van der Waals surface area contributed by atoms with Crippen molar-refractivity contribution >= 4 is 16.7 Å². The standard InChI is InChI=1S/C22H28O7/c1-4-21(23)27-15-13-25-11-12-26-14-16-28-22-19-8-6-5-7-18(19)9-10-20(22)29-17(2)24-3/h4-10,17H,1,11-16H2,2-3H3. The van der Waals surface area contributed by atoms with E-state index in [0.29, 0.717) is 44.5 Å². The normalized spacial score (nSPS) is 11.8. The highest BCUT2D eigenvalue weighted by molar-refractivity contribution is 5.90. The molecule has 0 aromatic heterocycles. The summed E-state index contributed by atoms with van der Waals surface area (Å²) in [5.41, 5.74) is 0. The Labute approximate surface area is 171 Å². The number of hydrogen-bond acceptors (Lipinski definition) is 7. The number of carbonyl (C=O) groups is 1. The van der Waals surface area contributed by atoms with Crippen LogP contribution in [-0.4, -0.2) is 59.0 Å². The molecular weight excluding hydrogens is 376 g/mol. The Morgan fingerprint density at radius 1 is 1.00 bits per heavy atom. The Kier molecular flexibility index (Phi) is 9.99. The first kappa shape index (κ1) is 22.7. The largest absolute Gasteiger partial charge is 0.487 e. The summed E-state index contributed by atoms with van der Waals surface area (Å²) in [4.78, 5) is 10.9. The third-order valence-electron chi connectivity index (χ3n) is 3.95. The summed E-state index contributed by atoms with van der Waals surface area (Å²) in [6, 6.07) is 11.8. The summed E-state index contributed by atoms with van der Waals surface area (Å²) in [7, 11) is 1.59. The minimum absolute atomic E-state index is 0.192. The molecule has 0 heterocycles. The molecular formula is C22H28O7. The van der Waals surface area contributed by atoms with Crippen molar-refractivity contribution in [1.82, 2.24) is 0 Å². The zero-order valence-electron chi connectivity index (χ0n) is 16.9. The van der Waals surface area contributed by atoms with Gasteiger partial charge >= 0.3 is 5.97 Å². The van der Waals surface area contributed by atoms with E-state index in [9.17, 15) is 4.79 Å². The molecule has 0 saturated carbocycles. The van der Waals surface area contributed by atoms with Crippen molar-refractivity contribution in [3.05, 3.63) is 49.1 Å². The van der Waals surface area contributed by atoms with Gasteiger partial charge in [0.2, 0.25) is 0 Å². The molecule has 1 atom stereocenters. The Morgan fingerprint density at radius 3 is 2.41 bits per heavy atom. The number of carbonyl (C=O) groups excluding carboxylic acids is 1. The zero-order valence-corrected chi connectivity index (χ0v) is 16.9. The van der Waals surface area contributed by atoms with Crippen LogP contribution in [0.1, 0.15) is 6.92 Å². The molecule has 2 rings (SSSR count). The second-order valence-corrected chi connectivity index (χ2v) is 5.98. The second kappa shape index (κ2) is 12.8. The number of hydrogen-bond donors (Lipinski definition) is 0. The topological polar surface area (TPSA) is 72.5 Å². The summed E-state index contributed by atoms with van der Waals surface area (Å²) in [5.74, 6) is 0.824. The van der Waals surface area contributed by atoms with Crippen LogP contribution in [0.2, 0.25) is 0 Å². The van der Waals surface area contributed by atoms with Crippen molar-refractivity contribution in [3.8, 4) is 11.5 Å². The summed E-state index contributed by atoms with van der Waals surface area (Å²) < 4.78 is 32.6. The predicted molar refractivity (Wildman–Crippen MR) is 109 cm³/mol. The SMILES string of the molecule is C=CC(=O)OCCOCCOCCOc1c(OC(C)OC)ccc2ccccc12. The molecule has 7 nitrogen and oxygen atoms in total. The lowest BCUT2D eigenvalue weighted by atomic mass is 10.1. The Hall–Kier alpha value is -2.61. The van der Waals surface area contributed by atoms with Gasteiger partial charge in [0.05, 0.1) is 26.4 Å². The maximum atomic E-state index is 10.9. The molecule has 2 aromatic carbocycles. The number of benzene rings is 2. The summed E-state index contributed by atoms with van der Waals surface area (Å²) in [6.45, 7) is 7.23. The van der Waals surface area contributed by atoms with E-state index in [4.69, 9.17) is 28.4 Å². The molecule has 0 spiro atoms. The summed E-state index contributed by atoms with van der Waals surface area (Å²) in [6.07, 6.45) is 0.725. The van der Waals surface area contributed by atoms with Gasteiger partial charge in [-0.25, -0.2) is 4.79 Å². The fourth-order valence-electron chi connectivity index (χ4n) is 2.48. The molecule has 0 fully saturated rings. The van der Waals surface area contributed by atoms with Crippen LogP contribution >= 0.6 is 0 Å². The van der Waals surface area contributed by atoms with E-state index in [2.05, 4.69) is 6.58 Å². The van der Waals surface area contributed by atoms with Crippen LogP contribution in [0.5, 0.6) is 11.5 Å². The van der Waals surface area contributed by atoms with Crippen LogP contribution in [0, 0.1) is 0 Å². The first-order valence-electron chi connectivity index (χ1n) is 9.44. The third kappa shape index (κ3) is 7.73. The molecule has 2 aromatic rings. The minimum Gasteiger partial charge on any atom is -0.487 e. The number of fused-ring (bicyclic) bond motifs is 1. The third-order valence-corrected chi connectivity index (χ3v) is 3.95. The predicted octanol–water partition coefficient (Wildman–Crippen LogP) is 3.35. The van der Waals surface area contributed by atoms with Gasteiger partial charge in [-0.3, -0.25) is 0 Å². The van der Waals surface area contributed by atoms with Crippen molar-refractivity contribution in [3.63, 3.8) is 0 Å². The van der Waals surface area contributed by atoms with Crippen LogP contribution in [0.15, 0.2) is 49.1 Å². The molecule has 0 saturated heterocycles. The maximum Gasteiger partial charge on any atom is 0.330 e. The van der Waals surface area contributed by atoms with Gasteiger partial charge in [-0.2, -0.15) is 0 Å². The number of ether oxygens (including phenoxy) is 6. The van der Waals surface area contributed by atoms with Gasteiger partial charge in [0.15, 0.2) is 17.8 Å². The fourth-order valence-corrected chi connectivity index (χ4v) is 2.48. The van der Waals surface area contributed by atoms with Crippen LogP contribution < -0.4 is 9.47 Å². The molecule has 0 bridgehead atoms. The first-order valence-corrected chi connectivity index (χ1v) is 9.44. The molecule has 0 N–H and O–H groups in total. The van der Waals surface area contributed by atoms with Crippen molar-refractivity contribution in [2.45, 2.75) is 13.2 Å². The zero-order chi connectivity index (χ0) is 20.9. The quantitative estimate of drug-likeness (QED) is 0.207. The van der Waals surface area contributed by atoms with E-state index in [1.54, 1.807) is 7.11 Å². The molecule has 0 aliphatic heterocycles. The average Bonchev–Trinajstić information content (AvgIpc) is 2.75. The maximum absolute atomic E-state index is 10.9. The highest BCUT2D eigenvalue weighted by Crippen LogP contribution is 2.36. The lowest BCUT2D eigenvalue weighted by molar-refractivity contribution is -0.139. The van der Waals surface area contributed by atoms with Crippen molar-refractivity contribution in [2.24, 2.45) is 0 Å². The minimum atomic E-state index is -0.460. The van der Waals surface area contributed by atoms with Crippen LogP contribution in [-0.2, 0) is 23.7 Å². The first-order chi connectivity index (χ1) is 14.2.